The van der Waals surface area contributed by atoms with E-state index < -0.39 is 5.82 Å². The zero-order valence-corrected chi connectivity index (χ0v) is 14.6. The van der Waals surface area contributed by atoms with Crippen LogP contribution in [-0.2, 0) is 0 Å². The van der Waals surface area contributed by atoms with Gasteiger partial charge in [0.2, 0.25) is 0 Å². The maximum absolute atomic E-state index is 13.8. The fourth-order valence-corrected chi connectivity index (χ4v) is 4.07. The lowest BCUT2D eigenvalue weighted by Gasteiger charge is -2.24. The molecule has 1 fully saturated rings. The number of rotatable bonds is 4. The first-order valence-corrected chi connectivity index (χ1v) is 8.95. The van der Waals surface area contributed by atoms with E-state index in [2.05, 4.69) is 33.9 Å². The number of nitriles is 1. The molecule has 126 valence electrons. The Kier molecular flexibility index (Phi) is 5.17. The number of piperidine rings is 1. The number of nitrogens with one attached hydrogen (secondary N) is 1. The van der Waals surface area contributed by atoms with Gasteiger partial charge < -0.3 is 9.88 Å². The van der Waals surface area contributed by atoms with Crippen molar-refractivity contribution in [1.29, 1.82) is 5.26 Å². The van der Waals surface area contributed by atoms with Crippen molar-refractivity contribution in [1.82, 2.24) is 20.1 Å². The van der Waals surface area contributed by atoms with Gasteiger partial charge in [0.1, 0.15) is 23.3 Å². The summed E-state index contributed by atoms with van der Waals surface area (Å²) >= 11 is 1.30. The SMILES string of the molecule is CC(C)n1c(Sc2cccc(F)c2C#N)nnc1C1CCNCC1. The third-order valence-corrected chi connectivity index (χ3v) is 5.22. The molecule has 7 heteroatoms. The zero-order chi connectivity index (χ0) is 17.1. The summed E-state index contributed by atoms with van der Waals surface area (Å²) in [4.78, 5) is 0.573. The van der Waals surface area contributed by atoms with E-state index in [-0.39, 0.29) is 11.6 Å². The minimum absolute atomic E-state index is 0.0595. The van der Waals surface area contributed by atoms with Crippen molar-refractivity contribution >= 4 is 11.8 Å². The van der Waals surface area contributed by atoms with Gasteiger partial charge in [-0.25, -0.2) is 4.39 Å². The number of halogens is 1. The summed E-state index contributed by atoms with van der Waals surface area (Å²) in [6.07, 6.45) is 2.08. The molecule has 1 aromatic heterocycles. The van der Waals surface area contributed by atoms with Crippen molar-refractivity contribution in [2.45, 2.75) is 48.7 Å². The monoisotopic (exact) mass is 345 g/mol. The summed E-state index contributed by atoms with van der Waals surface area (Å²) in [5, 5.41) is 22.0. The summed E-state index contributed by atoms with van der Waals surface area (Å²) in [5.74, 6) is 0.874. The molecule has 0 amide bonds. The van der Waals surface area contributed by atoms with E-state index in [1.165, 1.54) is 17.8 Å². The van der Waals surface area contributed by atoms with Crippen LogP contribution in [0.4, 0.5) is 4.39 Å². The van der Waals surface area contributed by atoms with Crippen LogP contribution in [0.1, 0.15) is 50.0 Å². The quantitative estimate of drug-likeness (QED) is 0.919. The molecule has 5 nitrogen and oxygen atoms in total. The molecule has 3 rings (SSSR count). The van der Waals surface area contributed by atoms with Gasteiger partial charge >= 0.3 is 0 Å². The molecule has 2 heterocycles. The molecule has 0 spiro atoms. The van der Waals surface area contributed by atoms with Crippen LogP contribution in [0.25, 0.3) is 0 Å². The molecule has 1 N–H and O–H groups in total. The highest BCUT2D eigenvalue weighted by Gasteiger charge is 2.25. The minimum Gasteiger partial charge on any atom is -0.317 e. The molecule has 1 saturated heterocycles. The summed E-state index contributed by atoms with van der Waals surface area (Å²) in [7, 11) is 0. The Labute approximate surface area is 145 Å². The van der Waals surface area contributed by atoms with Gasteiger partial charge in [-0.1, -0.05) is 6.07 Å². The molecule has 1 aliphatic rings. The van der Waals surface area contributed by atoms with Crippen LogP contribution in [0.2, 0.25) is 0 Å². The van der Waals surface area contributed by atoms with Gasteiger partial charge in [-0.15, -0.1) is 10.2 Å². The summed E-state index contributed by atoms with van der Waals surface area (Å²) in [5.41, 5.74) is 0.0595. The Balaban J connectivity index is 1.96. The molecule has 24 heavy (non-hydrogen) atoms. The van der Waals surface area contributed by atoms with E-state index in [9.17, 15) is 9.65 Å². The predicted octanol–water partition coefficient (Wildman–Crippen LogP) is 3.49. The number of benzene rings is 1. The van der Waals surface area contributed by atoms with Gasteiger partial charge in [-0.2, -0.15) is 5.26 Å². The third-order valence-electron chi connectivity index (χ3n) is 4.20. The maximum Gasteiger partial charge on any atom is 0.196 e. The summed E-state index contributed by atoms with van der Waals surface area (Å²) < 4.78 is 15.9. The van der Waals surface area contributed by atoms with Crippen LogP contribution in [0.5, 0.6) is 0 Å². The topological polar surface area (TPSA) is 66.5 Å². The Morgan fingerprint density at radius 3 is 2.75 bits per heavy atom. The van der Waals surface area contributed by atoms with Crippen LogP contribution in [0.15, 0.2) is 28.3 Å². The second-order valence-corrected chi connectivity index (χ2v) is 7.16. The van der Waals surface area contributed by atoms with E-state index in [1.807, 2.05) is 6.07 Å². The largest absolute Gasteiger partial charge is 0.317 e. The Morgan fingerprint density at radius 1 is 1.33 bits per heavy atom. The summed E-state index contributed by atoms with van der Waals surface area (Å²) in [6.45, 7) is 6.16. The van der Waals surface area contributed by atoms with E-state index in [0.717, 1.165) is 31.8 Å². The van der Waals surface area contributed by atoms with Crippen molar-refractivity contribution in [3.8, 4) is 6.07 Å². The lowest BCUT2D eigenvalue weighted by Crippen LogP contribution is -2.28. The van der Waals surface area contributed by atoms with Crippen LogP contribution < -0.4 is 5.32 Å². The first-order chi connectivity index (χ1) is 11.6. The highest BCUT2D eigenvalue weighted by molar-refractivity contribution is 7.99. The molecule has 0 atom stereocenters. The Morgan fingerprint density at radius 2 is 2.08 bits per heavy atom. The molecule has 0 bridgehead atoms. The molecule has 1 aromatic carbocycles. The van der Waals surface area contributed by atoms with Gasteiger partial charge in [-0.3, -0.25) is 0 Å². The smallest absolute Gasteiger partial charge is 0.196 e. The molecule has 0 saturated carbocycles. The second-order valence-electron chi connectivity index (χ2n) is 6.16. The van der Waals surface area contributed by atoms with Gasteiger partial charge in [0.15, 0.2) is 5.16 Å². The fraction of sp³-hybridized carbons (Fsp3) is 0.471. The number of aromatic nitrogens is 3. The highest BCUT2D eigenvalue weighted by atomic mass is 32.2. The van der Waals surface area contributed by atoms with E-state index in [0.29, 0.717) is 16.0 Å². The van der Waals surface area contributed by atoms with Crippen molar-refractivity contribution in [3.63, 3.8) is 0 Å². The van der Waals surface area contributed by atoms with Gasteiger partial charge in [-0.05, 0) is 63.7 Å². The lowest BCUT2D eigenvalue weighted by molar-refractivity contribution is 0.412. The van der Waals surface area contributed by atoms with Gasteiger partial charge in [0.05, 0.1) is 0 Å². The van der Waals surface area contributed by atoms with Crippen molar-refractivity contribution in [3.05, 3.63) is 35.4 Å². The number of hydrogen-bond donors (Lipinski definition) is 1. The maximum atomic E-state index is 13.8. The first-order valence-electron chi connectivity index (χ1n) is 8.13. The van der Waals surface area contributed by atoms with E-state index >= 15 is 0 Å². The highest BCUT2D eigenvalue weighted by Crippen LogP contribution is 2.35. The molecule has 1 aliphatic heterocycles. The first kappa shape index (κ1) is 16.9. The Bertz CT molecular complexity index is 759. The van der Waals surface area contributed by atoms with Gasteiger partial charge in [0, 0.05) is 16.9 Å². The lowest BCUT2D eigenvalue weighted by atomic mass is 9.97. The van der Waals surface area contributed by atoms with Crippen molar-refractivity contribution in [2.75, 3.05) is 13.1 Å². The average molecular weight is 345 g/mol. The van der Waals surface area contributed by atoms with E-state index in [4.69, 9.17) is 0 Å². The second kappa shape index (κ2) is 7.32. The van der Waals surface area contributed by atoms with Gasteiger partial charge in [0.25, 0.3) is 0 Å². The standard InChI is InChI=1S/C17H20FN5S/c1-11(2)23-16(12-6-8-20-9-7-12)21-22-17(23)24-15-5-3-4-14(18)13(15)10-19/h3-5,11-12,20H,6-9H2,1-2H3. The molecule has 0 radical (unpaired) electrons. The predicted molar refractivity (Wildman–Crippen MR) is 90.5 cm³/mol. The third kappa shape index (κ3) is 3.30. The molecule has 0 unspecified atom stereocenters. The summed E-state index contributed by atoms with van der Waals surface area (Å²) in [6, 6.07) is 6.80. The van der Waals surface area contributed by atoms with Crippen LogP contribution in [-0.4, -0.2) is 27.9 Å². The van der Waals surface area contributed by atoms with Crippen LogP contribution in [0.3, 0.4) is 0 Å². The fourth-order valence-electron chi connectivity index (χ4n) is 3.00. The van der Waals surface area contributed by atoms with Crippen molar-refractivity contribution < 1.29 is 4.39 Å². The van der Waals surface area contributed by atoms with Crippen LogP contribution >= 0.6 is 11.8 Å². The van der Waals surface area contributed by atoms with Crippen molar-refractivity contribution in [2.24, 2.45) is 0 Å². The molecular formula is C17H20FN5S. The van der Waals surface area contributed by atoms with Crippen LogP contribution in [0, 0.1) is 17.1 Å². The zero-order valence-electron chi connectivity index (χ0n) is 13.8. The normalized spacial score (nSPS) is 15.6. The molecular weight excluding hydrogens is 325 g/mol. The minimum atomic E-state index is -0.503. The number of nitrogens with zero attached hydrogens (tertiary/aromatic N) is 4. The molecule has 0 aliphatic carbocycles. The van der Waals surface area contributed by atoms with E-state index in [1.54, 1.807) is 12.1 Å². The Hall–Kier alpha value is -1.91. The molecule has 2 aromatic rings. The number of hydrogen-bond acceptors (Lipinski definition) is 5. The average Bonchev–Trinajstić information content (AvgIpc) is 3.00.